The SMILES string of the molecule is CC/C=C\C/C=C\C/C=C\C/C=C\CCCCCCCCCCC(=O)OCC(COC(=O)CCCCCCC/C=C\CCC)OC(=O)CCCCCCCCCCC/C=C\CCCCCCCC. The van der Waals surface area contributed by atoms with Crippen LogP contribution in [0.4, 0.5) is 0 Å². The summed E-state index contributed by atoms with van der Waals surface area (Å²) in [6.45, 7) is 6.47. The normalized spacial score (nSPS) is 12.6. The van der Waals surface area contributed by atoms with E-state index in [4.69, 9.17) is 14.2 Å². The van der Waals surface area contributed by atoms with Gasteiger partial charge in [0.05, 0.1) is 0 Å². The molecule has 0 amide bonds. The Morgan fingerprint density at radius 1 is 0.309 bits per heavy atom. The van der Waals surface area contributed by atoms with E-state index in [1.165, 1.54) is 141 Å². The van der Waals surface area contributed by atoms with Crippen LogP contribution in [0.25, 0.3) is 0 Å². The highest BCUT2D eigenvalue weighted by molar-refractivity contribution is 5.71. The number of rotatable bonds is 52. The smallest absolute Gasteiger partial charge is 0.306 e. The average Bonchev–Trinajstić information content (AvgIpc) is 3.34. The van der Waals surface area contributed by atoms with Crippen molar-refractivity contribution in [2.45, 2.75) is 290 Å². The lowest BCUT2D eigenvalue weighted by molar-refractivity contribution is -0.167. The van der Waals surface area contributed by atoms with E-state index < -0.39 is 6.10 Å². The molecule has 0 heterocycles. The van der Waals surface area contributed by atoms with Crippen molar-refractivity contribution in [2.24, 2.45) is 0 Å². The van der Waals surface area contributed by atoms with Crippen molar-refractivity contribution >= 4 is 17.9 Å². The van der Waals surface area contributed by atoms with Crippen molar-refractivity contribution in [3.8, 4) is 0 Å². The van der Waals surface area contributed by atoms with Crippen LogP contribution in [-0.4, -0.2) is 37.2 Å². The van der Waals surface area contributed by atoms with E-state index in [1.54, 1.807) is 0 Å². The summed E-state index contributed by atoms with van der Waals surface area (Å²) >= 11 is 0. The molecule has 0 fully saturated rings. The molecule has 0 rings (SSSR count). The summed E-state index contributed by atoms with van der Waals surface area (Å²) in [5.41, 5.74) is 0. The van der Waals surface area contributed by atoms with Crippen LogP contribution in [-0.2, 0) is 28.6 Å². The van der Waals surface area contributed by atoms with Gasteiger partial charge in [0.25, 0.3) is 0 Å². The van der Waals surface area contributed by atoms with Crippen LogP contribution in [0, 0.1) is 0 Å². The molecule has 0 bridgehead atoms. The topological polar surface area (TPSA) is 78.9 Å². The number of esters is 3. The predicted molar refractivity (Wildman–Crippen MR) is 293 cm³/mol. The fourth-order valence-corrected chi connectivity index (χ4v) is 8.08. The molecule has 0 radical (unpaired) electrons. The maximum Gasteiger partial charge on any atom is 0.306 e. The standard InChI is InChI=1S/C62H108O6/c1-4-7-10-13-16-19-22-24-26-28-30-31-33-34-36-38-40-43-46-49-52-55-61(64)67-58-59(57-66-60(63)54-51-48-45-42-21-18-15-12-9-6-3)68-62(65)56-53-50-47-44-41-39-37-35-32-29-27-25-23-20-17-14-11-8-5-2/h7,10,12,15-16,19,24-27,30-31,59H,4-6,8-9,11,13-14,17-18,20-23,28-29,32-58H2,1-3H3/b10-7-,15-12-,19-16-,26-24-,27-25-,31-30-. The largest absolute Gasteiger partial charge is 0.462 e. The lowest BCUT2D eigenvalue weighted by Gasteiger charge is -2.18. The van der Waals surface area contributed by atoms with Gasteiger partial charge in [-0.2, -0.15) is 0 Å². The molecule has 0 spiro atoms. The molecule has 6 heteroatoms. The molecule has 0 saturated carbocycles. The third-order valence-corrected chi connectivity index (χ3v) is 12.4. The van der Waals surface area contributed by atoms with Crippen molar-refractivity contribution in [3.63, 3.8) is 0 Å². The Balaban J connectivity index is 4.31. The van der Waals surface area contributed by atoms with E-state index >= 15 is 0 Å². The summed E-state index contributed by atoms with van der Waals surface area (Å²) in [4.78, 5) is 38.1. The molecule has 0 aromatic heterocycles. The summed E-state index contributed by atoms with van der Waals surface area (Å²) in [6, 6.07) is 0. The van der Waals surface area contributed by atoms with Crippen molar-refractivity contribution in [2.75, 3.05) is 13.2 Å². The van der Waals surface area contributed by atoms with E-state index in [2.05, 4.69) is 93.7 Å². The first kappa shape index (κ1) is 64.8. The van der Waals surface area contributed by atoms with Gasteiger partial charge in [0, 0.05) is 19.3 Å². The van der Waals surface area contributed by atoms with E-state index in [1.807, 2.05) is 0 Å². The van der Waals surface area contributed by atoms with Gasteiger partial charge in [0.2, 0.25) is 0 Å². The van der Waals surface area contributed by atoms with E-state index in [9.17, 15) is 14.4 Å². The first-order valence-electron chi connectivity index (χ1n) is 28.9. The Hall–Kier alpha value is -3.15. The predicted octanol–water partition coefficient (Wildman–Crippen LogP) is 19.4. The lowest BCUT2D eigenvalue weighted by Crippen LogP contribution is -2.30. The van der Waals surface area contributed by atoms with Gasteiger partial charge in [-0.15, -0.1) is 0 Å². The average molecular weight is 950 g/mol. The molecule has 0 N–H and O–H groups in total. The van der Waals surface area contributed by atoms with E-state index in [0.29, 0.717) is 19.3 Å². The number of ether oxygens (including phenoxy) is 3. The van der Waals surface area contributed by atoms with Gasteiger partial charge in [-0.25, -0.2) is 0 Å². The molecular weight excluding hydrogens is 841 g/mol. The first-order valence-corrected chi connectivity index (χ1v) is 28.9. The maximum atomic E-state index is 12.8. The number of carbonyl (C=O) groups is 3. The number of hydrogen-bond donors (Lipinski definition) is 0. The highest BCUT2D eigenvalue weighted by Gasteiger charge is 2.19. The first-order chi connectivity index (χ1) is 33.5. The Morgan fingerprint density at radius 2 is 0.603 bits per heavy atom. The molecule has 68 heavy (non-hydrogen) atoms. The maximum absolute atomic E-state index is 12.8. The number of allylic oxidation sites excluding steroid dienone is 12. The molecule has 0 aromatic rings. The van der Waals surface area contributed by atoms with E-state index in [0.717, 1.165) is 103 Å². The molecule has 0 aliphatic heterocycles. The zero-order chi connectivity index (χ0) is 49.3. The van der Waals surface area contributed by atoms with Crippen LogP contribution in [0.5, 0.6) is 0 Å². The van der Waals surface area contributed by atoms with Crippen LogP contribution in [0.1, 0.15) is 284 Å². The second-order valence-corrected chi connectivity index (χ2v) is 19.2. The third kappa shape index (κ3) is 53.8. The Bertz CT molecular complexity index is 1270. The summed E-state index contributed by atoms with van der Waals surface area (Å²) in [6.07, 6.45) is 71.8. The van der Waals surface area contributed by atoms with Crippen molar-refractivity contribution in [1.82, 2.24) is 0 Å². The minimum Gasteiger partial charge on any atom is -0.462 e. The molecule has 0 aliphatic carbocycles. The highest BCUT2D eigenvalue weighted by Crippen LogP contribution is 2.15. The summed E-state index contributed by atoms with van der Waals surface area (Å²) in [7, 11) is 0. The molecular formula is C62H108O6. The van der Waals surface area contributed by atoms with Gasteiger partial charge >= 0.3 is 17.9 Å². The lowest BCUT2D eigenvalue weighted by atomic mass is 10.1. The van der Waals surface area contributed by atoms with Crippen LogP contribution >= 0.6 is 0 Å². The second-order valence-electron chi connectivity index (χ2n) is 19.2. The van der Waals surface area contributed by atoms with Crippen molar-refractivity contribution < 1.29 is 28.6 Å². The molecule has 6 nitrogen and oxygen atoms in total. The molecule has 0 aromatic carbocycles. The second kappa shape index (κ2) is 56.4. The quantitative estimate of drug-likeness (QED) is 0.0262. The highest BCUT2D eigenvalue weighted by atomic mass is 16.6. The molecule has 0 saturated heterocycles. The Labute approximate surface area is 421 Å². The van der Waals surface area contributed by atoms with E-state index in [-0.39, 0.29) is 31.1 Å². The van der Waals surface area contributed by atoms with Gasteiger partial charge in [0.15, 0.2) is 6.10 Å². The minimum atomic E-state index is -0.783. The van der Waals surface area contributed by atoms with Gasteiger partial charge in [-0.1, -0.05) is 235 Å². The summed E-state index contributed by atoms with van der Waals surface area (Å²) in [5.74, 6) is -0.895. The zero-order valence-electron chi connectivity index (χ0n) is 44.9. The van der Waals surface area contributed by atoms with Gasteiger partial charge < -0.3 is 14.2 Å². The molecule has 1 atom stereocenters. The van der Waals surface area contributed by atoms with Crippen LogP contribution in [0.15, 0.2) is 72.9 Å². The van der Waals surface area contributed by atoms with Crippen molar-refractivity contribution in [1.29, 1.82) is 0 Å². The molecule has 0 aliphatic rings. The van der Waals surface area contributed by atoms with Gasteiger partial charge in [-0.05, 0) is 103 Å². The fraction of sp³-hybridized carbons (Fsp3) is 0.758. The number of hydrogen-bond acceptors (Lipinski definition) is 6. The van der Waals surface area contributed by atoms with Crippen LogP contribution < -0.4 is 0 Å². The molecule has 392 valence electrons. The summed E-state index contributed by atoms with van der Waals surface area (Å²) in [5, 5.41) is 0. The Kier molecular flexibility index (Phi) is 53.8. The monoisotopic (exact) mass is 949 g/mol. The fourth-order valence-electron chi connectivity index (χ4n) is 8.08. The number of carbonyl (C=O) groups excluding carboxylic acids is 3. The minimum absolute atomic E-state index is 0.0824. The van der Waals surface area contributed by atoms with Crippen LogP contribution in [0.3, 0.4) is 0 Å². The third-order valence-electron chi connectivity index (χ3n) is 12.4. The Morgan fingerprint density at radius 3 is 0.971 bits per heavy atom. The van der Waals surface area contributed by atoms with Gasteiger partial charge in [0.1, 0.15) is 13.2 Å². The summed E-state index contributed by atoms with van der Waals surface area (Å²) < 4.78 is 16.8. The van der Waals surface area contributed by atoms with Gasteiger partial charge in [-0.3, -0.25) is 14.4 Å². The van der Waals surface area contributed by atoms with Crippen LogP contribution in [0.2, 0.25) is 0 Å². The zero-order valence-corrected chi connectivity index (χ0v) is 44.9. The molecule has 1 unspecified atom stereocenters. The number of unbranched alkanes of at least 4 members (excludes halogenated alkanes) is 29. The van der Waals surface area contributed by atoms with Crippen molar-refractivity contribution in [3.05, 3.63) is 72.9 Å².